The van der Waals surface area contributed by atoms with Crippen molar-refractivity contribution < 1.29 is 14.6 Å². The number of aromatic hydroxyl groups is 1. The number of nitrogens with zero attached hydrogens (tertiary/aromatic N) is 4. The van der Waals surface area contributed by atoms with Crippen molar-refractivity contribution in [2.45, 2.75) is 12.1 Å². The van der Waals surface area contributed by atoms with Crippen LogP contribution in [0.3, 0.4) is 0 Å². The van der Waals surface area contributed by atoms with Crippen LogP contribution in [0.4, 0.5) is 0 Å². The molecule has 0 spiro atoms. The van der Waals surface area contributed by atoms with Gasteiger partial charge in [-0.2, -0.15) is 5.10 Å². The molecular formula is C25H21BrClN5O3S. The van der Waals surface area contributed by atoms with E-state index in [0.717, 1.165) is 16.8 Å². The summed E-state index contributed by atoms with van der Waals surface area (Å²) in [7, 11) is 1.45. The van der Waals surface area contributed by atoms with Gasteiger partial charge in [0.1, 0.15) is 0 Å². The molecular weight excluding hydrogens is 566 g/mol. The molecule has 0 fully saturated rings. The number of benzene rings is 3. The van der Waals surface area contributed by atoms with E-state index < -0.39 is 0 Å². The molecule has 2 N–H and O–H groups in total. The van der Waals surface area contributed by atoms with E-state index in [4.69, 9.17) is 16.3 Å². The Morgan fingerprint density at radius 2 is 1.92 bits per heavy atom. The molecule has 1 heterocycles. The van der Waals surface area contributed by atoms with Crippen LogP contribution in [0.25, 0.3) is 17.1 Å². The summed E-state index contributed by atoms with van der Waals surface area (Å²) >= 11 is 10.6. The third-order valence-electron chi connectivity index (χ3n) is 5.03. The van der Waals surface area contributed by atoms with Gasteiger partial charge in [-0.3, -0.25) is 9.36 Å². The topological polar surface area (TPSA) is 102 Å². The molecule has 0 unspecified atom stereocenters. The Hall–Kier alpha value is -3.34. The van der Waals surface area contributed by atoms with Gasteiger partial charge in [-0.1, -0.05) is 41.1 Å². The third-order valence-corrected chi connectivity index (χ3v) is 6.82. The number of ether oxygens (including phenoxy) is 1. The fraction of sp³-hybridized carbons (Fsp3) is 0.120. The minimum atomic E-state index is -0.312. The molecule has 0 aliphatic carbocycles. The maximum atomic E-state index is 12.5. The summed E-state index contributed by atoms with van der Waals surface area (Å²) in [6.07, 6.45) is 1.46. The molecule has 0 aliphatic rings. The van der Waals surface area contributed by atoms with E-state index >= 15 is 0 Å². The summed E-state index contributed by atoms with van der Waals surface area (Å²) in [5, 5.41) is 23.8. The van der Waals surface area contributed by atoms with E-state index in [-0.39, 0.29) is 17.4 Å². The molecule has 0 saturated heterocycles. The second-order valence-corrected chi connectivity index (χ2v) is 9.85. The Labute approximate surface area is 225 Å². The fourth-order valence-electron chi connectivity index (χ4n) is 3.24. The highest BCUT2D eigenvalue weighted by atomic mass is 79.9. The van der Waals surface area contributed by atoms with E-state index in [1.54, 1.807) is 24.3 Å². The monoisotopic (exact) mass is 585 g/mol. The van der Waals surface area contributed by atoms with Crippen molar-refractivity contribution in [3.63, 3.8) is 0 Å². The number of phenols is 1. The van der Waals surface area contributed by atoms with Crippen molar-refractivity contribution in [1.82, 2.24) is 20.2 Å². The minimum Gasteiger partial charge on any atom is -0.503 e. The molecule has 36 heavy (non-hydrogen) atoms. The molecule has 1 aromatic heterocycles. The molecule has 4 aromatic rings. The number of rotatable bonds is 8. The van der Waals surface area contributed by atoms with E-state index in [1.807, 2.05) is 47.9 Å². The van der Waals surface area contributed by atoms with Gasteiger partial charge in [-0.25, -0.2) is 5.43 Å². The van der Waals surface area contributed by atoms with Crippen LogP contribution in [0, 0.1) is 6.92 Å². The molecule has 0 atom stereocenters. The van der Waals surface area contributed by atoms with Gasteiger partial charge < -0.3 is 9.84 Å². The highest BCUT2D eigenvalue weighted by Gasteiger charge is 2.17. The summed E-state index contributed by atoms with van der Waals surface area (Å²) in [6.45, 7) is 2.02. The average Bonchev–Trinajstić information content (AvgIpc) is 3.29. The second kappa shape index (κ2) is 11.6. The van der Waals surface area contributed by atoms with Crippen LogP contribution in [0.1, 0.15) is 11.1 Å². The Kier molecular flexibility index (Phi) is 8.29. The van der Waals surface area contributed by atoms with Crippen LogP contribution in [0.2, 0.25) is 5.02 Å². The fourth-order valence-corrected chi connectivity index (χ4v) is 4.57. The highest BCUT2D eigenvalue weighted by Crippen LogP contribution is 2.34. The largest absolute Gasteiger partial charge is 0.503 e. The third kappa shape index (κ3) is 6.07. The Morgan fingerprint density at radius 3 is 2.61 bits per heavy atom. The number of amides is 1. The smallest absolute Gasteiger partial charge is 0.250 e. The molecule has 0 saturated carbocycles. The number of hydrogen-bond donors (Lipinski definition) is 2. The Morgan fingerprint density at radius 1 is 1.19 bits per heavy atom. The molecule has 184 valence electrons. The first-order chi connectivity index (χ1) is 17.4. The average molecular weight is 587 g/mol. The normalized spacial score (nSPS) is 11.1. The first-order valence-corrected chi connectivity index (χ1v) is 12.8. The van der Waals surface area contributed by atoms with Crippen molar-refractivity contribution in [3.05, 3.63) is 81.3 Å². The number of carbonyl (C=O) groups excluding carboxylic acids is 1. The van der Waals surface area contributed by atoms with Gasteiger partial charge in [0.2, 0.25) is 0 Å². The lowest BCUT2D eigenvalue weighted by atomic mass is 10.2. The Balaban J connectivity index is 1.49. The lowest BCUT2D eigenvalue weighted by molar-refractivity contribution is -0.118. The van der Waals surface area contributed by atoms with Crippen LogP contribution in [-0.4, -0.2) is 44.9 Å². The second-order valence-electron chi connectivity index (χ2n) is 7.62. The summed E-state index contributed by atoms with van der Waals surface area (Å²) < 4.78 is 7.48. The zero-order valence-electron chi connectivity index (χ0n) is 19.3. The zero-order valence-corrected chi connectivity index (χ0v) is 22.4. The van der Waals surface area contributed by atoms with Crippen LogP contribution >= 0.6 is 39.3 Å². The zero-order chi connectivity index (χ0) is 25.7. The molecule has 0 bridgehead atoms. The first-order valence-electron chi connectivity index (χ1n) is 10.7. The lowest BCUT2D eigenvalue weighted by Crippen LogP contribution is -2.20. The van der Waals surface area contributed by atoms with Crippen molar-refractivity contribution >= 4 is 51.4 Å². The van der Waals surface area contributed by atoms with Gasteiger partial charge in [0, 0.05) is 16.3 Å². The maximum Gasteiger partial charge on any atom is 0.250 e. The van der Waals surface area contributed by atoms with Gasteiger partial charge in [-0.05, 0) is 76.9 Å². The number of hydrogen-bond acceptors (Lipinski definition) is 7. The van der Waals surface area contributed by atoms with E-state index in [0.29, 0.717) is 31.8 Å². The summed E-state index contributed by atoms with van der Waals surface area (Å²) in [6, 6.07) is 18.6. The predicted octanol–water partition coefficient (Wildman–Crippen LogP) is 5.62. The van der Waals surface area contributed by atoms with Crippen LogP contribution in [-0.2, 0) is 4.79 Å². The standard InChI is InChI=1S/C25H21BrClN5O3S/c1-15-3-9-19(10-4-15)32-24(17-5-7-18(27)8-6-17)30-31-25(32)36-14-22(33)29-28-13-16-11-20(26)23(34)21(12-16)35-2/h3-13,34H,14H2,1-2H3,(H,29,33). The molecule has 0 radical (unpaired) electrons. The summed E-state index contributed by atoms with van der Waals surface area (Å²) in [5.41, 5.74) is 6.00. The van der Waals surface area contributed by atoms with Gasteiger partial charge in [-0.15, -0.1) is 10.2 Å². The number of thioether (sulfide) groups is 1. The van der Waals surface area contributed by atoms with Crippen molar-refractivity contribution in [2.24, 2.45) is 5.10 Å². The number of halogens is 2. The number of aromatic nitrogens is 3. The van der Waals surface area contributed by atoms with Crippen molar-refractivity contribution in [3.8, 4) is 28.6 Å². The number of phenolic OH excluding ortho intramolecular Hbond substituents is 1. The minimum absolute atomic E-state index is 0.00857. The van der Waals surface area contributed by atoms with E-state index in [1.165, 1.54) is 25.1 Å². The molecule has 0 aliphatic heterocycles. The van der Waals surface area contributed by atoms with Gasteiger partial charge in [0.15, 0.2) is 22.5 Å². The molecule has 8 nitrogen and oxygen atoms in total. The van der Waals surface area contributed by atoms with Gasteiger partial charge in [0.05, 0.1) is 23.5 Å². The molecule has 11 heteroatoms. The van der Waals surface area contributed by atoms with Crippen molar-refractivity contribution in [2.75, 3.05) is 12.9 Å². The number of carbonyl (C=O) groups is 1. The molecule has 3 aromatic carbocycles. The number of hydrazone groups is 1. The molecule has 1 amide bonds. The van der Waals surface area contributed by atoms with Gasteiger partial charge >= 0.3 is 0 Å². The van der Waals surface area contributed by atoms with E-state index in [9.17, 15) is 9.90 Å². The highest BCUT2D eigenvalue weighted by molar-refractivity contribution is 9.10. The van der Waals surface area contributed by atoms with Crippen LogP contribution in [0.5, 0.6) is 11.5 Å². The maximum absolute atomic E-state index is 12.5. The predicted molar refractivity (Wildman–Crippen MR) is 145 cm³/mol. The van der Waals surface area contributed by atoms with Gasteiger partial charge in [0.25, 0.3) is 5.91 Å². The van der Waals surface area contributed by atoms with E-state index in [2.05, 4.69) is 36.7 Å². The van der Waals surface area contributed by atoms with Crippen molar-refractivity contribution in [1.29, 1.82) is 0 Å². The number of methoxy groups -OCH3 is 1. The first kappa shape index (κ1) is 25.7. The SMILES string of the molecule is COc1cc(C=NNC(=O)CSc2nnc(-c3ccc(Cl)cc3)n2-c2ccc(C)cc2)cc(Br)c1O. The lowest BCUT2D eigenvalue weighted by Gasteiger charge is -2.10. The summed E-state index contributed by atoms with van der Waals surface area (Å²) in [5.74, 6) is 0.686. The molecule has 4 rings (SSSR count). The van der Waals surface area contributed by atoms with Crippen LogP contribution in [0.15, 0.2) is 75.4 Å². The quantitative estimate of drug-likeness (QED) is 0.158. The summed E-state index contributed by atoms with van der Waals surface area (Å²) in [4.78, 5) is 12.5. The number of nitrogens with one attached hydrogen (secondary N) is 1. The Bertz CT molecular complexity index is 1410. The number of aryl methyl sites for hydroxylation is 1. The van der Waals surface area contributed by atoms with Crippen LogP contribution < -0.4 is 10.2 Å².